The third kappa shape index (κ3) is 5.78. The van der Waals surface area contributed by atoms with E-state index in [-0.39, 0.29) is 5.91 Å². The van der Waals surface area contributed by atoms with Crippen molar-refractivity contribution in [3.05, 3.63) is 24.0 Å². The van der Waals surface area contributed by atoms with Crippen LogP contribution in [0.25, 0.3) is 0 Å². The van der Waals surface area contributed by atoms with Crippen LogP contribution in [0.2, 0.25) is 0 Å². The molecule has 0 aliphatic rings. The molecule has 2 N–H and O–H groups in total. The van der Waals surface area contributed by atoms with Crippen LogP contribution in [-0.4, -0.2) is 23.6 Å². The van der Waals surface area contributed by atoms with E-state index < -0.39 is 0 Å². The van der Waals surface area contributed by atoms with Gasteiger partial charge in [-0.05, 0) is 37.4 Å². The number of nitrogens with zero attached hydrogens (tertiary/aromatic N) is 1. The zero-order chi connectivity index (χ0) is 14.8. The molecule has 1 heterocycles. The Balaban J connectivity index is 2.47. The minimum absolute atomic E-state index is 0.0927. The smallest absolute Gasteiger partial charge is 0.239 e. The van der Waals surface area contributed by atoms with Gasteiger partial charge in [0.1, 0.15) is 6.54 Å². The maximum atomic E-state index is 11.8. The molecule has 114 valence electrons. The highest BCUT2D eigenvalue weighted by Crippen LogP contribution is 2.16. The summed E-state index contributed by atoms with van der Waals surface area (Å²) in [5, 5.41) is 6.47. The van der Waals surface area contributed by atoms with E-state index in [4.69, 9.17) is 0 Å². The first kappa shape index (κ1) is 16.8. The van der Waals surface area contributed by atoms with E-state index in [0.29, 0.717) is 12.6 Å². The fraction of sp³-hybridized carbons (Fsp3) is 0.688. The Morgan fingerprint density at radius 2 is 2.05 bits per heavy atom. The number of rotatable bonds is 10. The largest absolute Gasteiger partial charge is 0.355 e. The summed E-state index contributed by atoms with van der Waals surface area (Å²) in [7, 11) is 0. The summed E-state index contributed by atoms with van der Waals surface area (Å²) >= 11 is 0. The topological polar surface area (TPSA) is 46.1 Å². The number of nitrogens with one attached hydrogen (secondary N) is 2. The van der Waals surface area contributed by atoms with Gasteiger partial charge in [0, 0.05) is 25.0 Å². The van der Waals surface area contributed by atoms with Crippen LogP contribution in [0, 0.1) is 0 Å². The maximum Gasteiger partial charge on any atom is 0.239 e. The predicted molar refractivity (Wildman–Crippen MR) is 83.7 cm³/mol. The molecule has 0 aliphatic heterocycles. The van der Waals surface area contributed by atoms with Crippen molar-refractivity contribution in [1.82, 2.24) is 15.2 Å². The predicted octanol–water partition coefficient (Wildman–Crippen LogP) is 2.86. The SMILES string of the molecule is CCCCNC(=O)Cn1ccc(C(CC)NCCC)c1. The molecule has 0 aromatic carbocycles. The lowest BCUT2D eigenvalue weighted by Crippen LogP contribution is -2.28. The fourth-order valence-electron chi connectivity index (χ4n) is 2.21. The van der Waals surface area contributed by atoms with Gasteiger partial charge in [-0.1, -0.05) is 27.2 Å². The molecule has 0 saturated carbocycles. The van der Waals surface area contributed by atoms with Crippen LogP contribution < -0.4 is 10.6 Å². The van der Waals surface area contributed by atoms with Gasteiger partial charge in [0.05, 0.1) is 0 Å². The molecule has 0 radical (unpaired) electrons. The van der Waals surface area contributed by atoms with Crippen LogP contribution in [0.15, 0.2) is 18.5 Å². The highest BCUT2D eigenvalue weighted by atomic mass is 16.1. The second-order valence-corrected chi connectivity index (χ2v) is 5.24. The van der Waals surface area contributed by atoms with Crippen LogP contribution >= 0.6 is 0 Å². The van der Waals surface area contributed by atoms with Crippen LogP contribution in [0.1, 0.15) is 58.1 Å². The second-order valence-electron chi connectivity index (χ2n) is 5.24. The maximum absolute atomic E-state index is 11.8. The lowest BCUT2D eigenvalue weighted by Gasteiger charge is -2.15. The summed E-state index contributed by atoms with van der Waals surface area (Å²) in [5.41, 5.74) is 1.27. The monoisotopic (exact) mass is 279 g/mol. The number of carbonyl (C=O) groups excluding carboxylic acids is 1. The normalized spacial score (nSPS) is 12.3. The molecule has 4 heteroatoms. The number of unbranched alkanes of at least 4 members (excludes halogenated alkanes) is 1. The van der Waals surface area contributed by atoms with Crippen LogP contribution in [0.3, 0.4) is 0 Å². The highest BCUT2D eigenvalue weighted by Gasteiger charge is 2.10. The number of aromatic nitrogens is 1. The molecule has 4 nitrogen and oxygen atoms in total. The zero-order valence-corrected chi connectivity index (χ0v) is 13.1. The number of hydrogen-bond donors (Lipinski definition) is 2. The van der Waals surface area contributed by atoms with Gasteiger partial charge >= 0.3 is 0 Å². The first-order valence-corrected chi connectivity index (χ1v) is 7.87. The average Bonchev–Trinajstić information content (AvgIpc) is 2.88. The van der Waals surface area contributed by atoms with Gasteiger partial charge in [0.15, 0.2) is 0 Å². The molecular formula is C16H29N3O. The van der Waals surface area contributed by atoms with Crippen molar-refractivity contribution >= 4 is 5.91 Å². The lowest BCUT2D eigenvalue weighted by atomic mass is 10.1. The Morgan fingerprint density at radius 3 is 2.70 bits per heavy atom. The lowest BCUT2D eigenvalue weighted by molar-refractivity contribution is -0.121. The van der Waals surface area contributed by atoms with E-state index in [2.05, 4.69) is 43.7 Å². The molecule has 1 atom stereocenters. The molecule has 1 unspecified atom stereocenters. The quantitative estimate of drug-likeness (QED) is 0.647. The van der Waals surface area contributed by atoms with Crippen LogP contribution in [0.4, 0.5) is 0 Å². The molecule has 0 fully saturated rings. The Kier molecular flexibility index (Phi) is 8.04. The van der Waals surface area contributed by atoms with E-state index in [1.54, 1.807) is 0 Å². The molecule has 1 rings (SSSR count). The van der Waals surface area contributed by atoms with Crippen molar-refractivity contribution in [2.24, 2.45) is 0 Å². The van der Waals surface area contributed by atoms with E-state index >= 15 is 0 Å². The van der Waals surface area contributed by atoms with Crippen LogP contribution in [-0.2, 0) is 11.3 Å². The van der Waals surface area contributed by atoms with Crippen molar-refractivity contribution in [2.75, 3.05) is 13.1 Å². The number of carbonyl (C=O) groups is 1. The van der Waals surface area contributed by atoms with Crippen molar-refractivity contribution in [3.63, 3.8) is 0 Å². The summed E-state index contributed by atoms with van der Waals surface area (Å²) < 4.78 is 1.97. The van der Waals surface area contributed by atoms with E-state index in [1.165, 1.54) is 5.56 Å². The minimum atomic E-state index is 0.0927. The van der Waals surface area contributed by atoms with Crippen molar-refractivity contribution in [1.29, 1.82) is 0 Å². The third-order valence-corrected chi connectivity index (χ3v) is 3.40. The van der Waals surface area contributed by atoms with E-state index in [9.17, 15) is 4.79 Å². The van der Waals surface area contributed by atoms with Crippen LogP contribution in [0.5, 0.6) is 0 Å². The minimum Gasteiger partial charge on any atom is -0.355 e. The van der Waals surface area contributed by atoms with Gasteiger partial charge in [-0.25, -0.2) is 0 Å². The van der Waals surface area contributed by atoms with Crippen molar-refractivity contribution < 1.29 is 4.79 Å². The highest BCUT2D eigenvalue weighted by molar-refractivity contribution is 5.75. The summed E-state index contributed by atoms with van der Waals surface area (Å²) in [6.07, 6.45) is 8.42. The number of hydrogen-bond acceptors (Lipinski definition) is 2. The molecule has 0 bridgehead atoms. The Hall–Kier alpha value is -1.29. The first-order valence-electron chi connectivity index (χ1n) is 7.87. The Morgan fingerprint density at radius 1 is 1.25 bits per heavy atom. The molecule has 20 heavy (non-hydrogen) atoms. The van der Waals surface area contributed by atoms with Gasteiger partial charge in [-0.3, -0.25) is 4.79 Å². The summed E-state index contributed by atoms with van der Waals surface area (Å²) in [6.45, 7) is 8.69. The molecular weight excluding hydrogens is 250 g/mol. The first-order chi connectivity index (χ1) is 9.71. The summed E-state index contributed by atoms with van der Waals surface area (Å²) in [5.74, 6) is 0.0927. The van der Waals surface area contributed by atoms with Gasteiger partial charge in [-0.15, -0.1) is 0 Å². The fourth-order valence-corrected chi connectivity index (χ4v) is 2.21. The molecule has 1 aromatic rings. The second kappa shape index (κ2) is 9.59. The van der Waals surface area contributed by atoms with Gasteiger partial charge < -0.3 is 15.2 Å². The third-order valence-electron chi connectivity index (χ3n) is 3.40. The van der Waals surface area contributed by atoms with E-state index in [1.807, 2.05) is 10.8 Å². The molecule has 1 aromatic heterocycles. The standard InChI is InChI=1S/C16H29N3O/c1-4-7-10-18-16(20)13-19-11-8-14(12-19)15(6-3)17-9-5-2/h8,11-12,15,17H,4-7,9-10,13H2,1-3H3,(H,18,20). The Bertz CT molecular complexity index is 387. The zero-order valence-electron chi connectivity index (χ0n) is 13.1. The van der Waals surface area contributed by atoms with E-state index in [0.717, 1.165) is 38.8 Å². The molecule has 0 saturated heterocycles. The van der Waals surface area contributed by atoms with Crippen molar-refractivity contribution in [3.8, 4) is 0 Å². The molecule has 0 aliphatic carbocycles. The molecule has 0 spiro atoms. The Labute approximate surface area is 122 Å². The van der Waals surface area contributed by atoms with Gasteiger partial charge in [-0.2, -0.15) is 0 Å². The summed E-state index contributed by atoms with van der Waals surface area (Å²) in [6, 6.07) is 2.50. The van der Waals surface area contributed by atoms with Crippen molar-refractivity contribution in [2.45, 2.75) is 59.0 Å². The summed E-state index contributed by atoms with van der Waals surface area (Å²) in [4.78, 5) is 11.8. The molecule has 1 amide bonds. The average molecular weight is 279 g/mol. The van der Waals surface area contributed by atoms with Gasteiger partial charge in [0.2, 0.25) is 5.91 Å². The van der Waals surface area contributed by atoms with Gasteiger partial charge in [0.25, 0.3) is 0 Å². The number of amides is 1.